The van der Waals surface area contributed by atoms with Gasteiger partial charge in [0.05, 0.1) is 5.56 Å². The Balaban J connectivity index is 0.00000289. The number of halogens is 1. The van der Waals surface area contributed by atoms with Crippen LogP contribution in [0.5, 0.6) is 0 Å². The third-order valence-electron chi connectivity index (χ3n) is 1.71. The molecule has 0 aliphatic heterocycles. The molecule has 0 fully saturated rings. The zero-order valence-corrected chi connectivity index (χ0v) is 11.2. The number of carbonyl (C=O) groups is 2. The van der Waals surface area contributed by atoms with Crippen molar-refractivity contribution in [2.45, 2.75) is 0 Å². The van der Waals surface area contributed by atoms with Crippen LogP contribution in [0.3, 0.4) is 0 Å². The summed E-state index contributed by atoms with van der Waals surface area (Å²) in [7, 11) is 0. The maximum Gasteiger partial charge on any atom is 0.370 e. The van der Waals surface area contributed by atoms with E-state index in [4.69, 9.17) is 10.5 Å². The molecule has 0 heterocycles. The Morgan fingerprint density at radius 3 is 2.44 bits per heavy atom. The lowest BCUT2D eigenvalue weighted by molar-refractivity contribution is 0.00409. The molecule has 5 nitrogen and oxygen atoms in total. The third kappa shape index (κ3) is 6.48. The fraction of sp³-hybridized carbons (Fsp3) is 0.273. The number of benzene rings is 1. The molecule has 1 aromatic rings. The van der Waals surface area contributed by atoms with Gasteiger partial charge in [0.25, 0.3) is 0 Å². The van der Waals surface area contributed by atoms with Crippen LogP contribution in [0.4, 0.5) is 4.79 Å². The van der Waals surface area contributed by atoms with Gasteiger partial charge >= 0.3 is 11.3 Å². The minimum Gasteiger partial charge on any atom is -0.424 e. The molecule has 0 saturated carbocycles. The van der Waals surface area contributed by atoms with Gasteiger partial charge in [-0.25, -0.2) is 9.59 Å². The predicted octanol–water partition coefficient (Wildman–Crippen LogP) is 2.05. The SMILES string of the molecule is Cl.NCCSC(=O)OCOC(=O)c1ccccc1. The number of hydrogen-bond acceptors (Lipinski definition) is 6. The molecule has 0 bridgehead atoms. The van der Waals surface area contributed by atoms with Crippen LogP contribution in [0, 0.1) is 0 Å². The molecule has 2 N–H and O–H groups in total. The van der Waals surface area contributed by atoms with Gasteiger partial charge in [0, 0.05) is 12.3 Å². The van der Waals surface area contributed by atoms with E-state index in [1.165, 1.54) is 0 Å². The Labute approximate surface area is 115 Å². The van der Waals surface area contributed by atoms with E-state index in [9.17, 15) is 9.59 Å². The second-order valence-corrected chi connectivity index (χ2v) is 3.98. The molecular formula is C11H14ClNO4S. The van der Waals surface area contributed by atoms with E-state index >= 15 is 0 Å². The second kappa shape index (κ2) is 9.76. The molecule has 0 spiro atoms. The smallest absolute Gasteiger partial charge is 0.370 e. The highest BCUT2D eigenvalue weighted by atomic mass is 35.5. The Morgan fingerprint density at radius 1 is 1.17 bits per heavy atom. The van der Waals surface area contributed by atoms with Crippen LogP contribution in [-0.2, 0) is 9.47 Å². The highest BCUT2D eigenvalue weighted by Gasteiger charge is 2.07. The lowest BCUT2D eigenvalue weighted by Crippen LogP contribution is -2.11. The van der Waals surface area contributed by atoms with Crippen LogP contribution in [0.2, 0.25) is 0 Å². The normalized spacial score (nSPS) is 9.17. The maximum absolute atomic E-state index is 11.4. The van der Waals surface area contributed by atoms with E-state index in [0.717, 1.165) is 11.8 Å². The fourth-order valence-electron chi connectivity index (χ4n) is 0.973. The molecule has 1 rings (SSSR count). The van der Waals surface area contributed by atoms with Gasteiger partial charge < -0.3 is 15.2 Å². The van der Waals surface area contributed by atoms with Crippen LogP contribution in [0.25, 0.3) is 0 Å². The molecule has 0 saturated heterocycles. The number of hydrogen-bond donors (Lipinski definition) is 1. The van der Waals surface area contributed by atoms with Crippen LogP contribution in [0.15, 0.2) is 30.3 Å². The number of ether oxygens (including phenoxy) is 2. The monoisotopic (exact) mass is 291 g/mol. The largest absolute Gasteiger partial charge is 0.424 e. The summed E-state index contributed by atoms with van der Waals surface area (Å²) < 4.78 is 9.41. The lowest BCUT2D eigenvalue weighted by atomic mass is 10.2. The standard InChI is InChI=1S/C11H13NO4S.ClH/c12-6-7-17-11(14)16-8-15-10(13)9-4-2-1-3-5-9;/h1-5H,6-8,12H2;1H. The summed E-state index contributed by atoms with van der Waals surface area (Å²) in [5.41, 5.74) is 5.63. The van der Waals surface area contributed by atoms with Crippen LogP contribution < -0.4 is 5.73 Å². The first-order valence-electron chi connectivity index (χ1n) is 4.96. The molecule has 0 unspecified atom stereocenters. The van der Waals surface area contributed by atoms with Gasteiger partial charge in [-0.15, -0.1) is 12.4 Å². The van der Waals surface area contributed by atoms with Crippen LogP contribution in [-0.4, -0.2) is 30.4 Å². The van der Waals surface area contributed by atoms with E-state index in [1.807, 2.05) is 0 Å². The summed E-state index contributed by atoms with van der Waals surface area (Å²) in [6.45, 7) is 0.00764. The molecule has 0 aliphatic rings. The summed E-state index contributed by atoms with van der Waals surface area (Å²) in [5.74, 6) is -0.0481. The average Bonchev–Trinajstić information content (AvgIpc) is 2.37. The molecule has 0 aliphatic carbocycles. The number of carbonyl (C=O) groups excluding carboxylic acids is 2. The van der Waals surface area contributed by atoms with Crippen molar-refractivity contribution in [2.24, 2.45) is 5.73 Å². The lowest BCUT2D eigenvalue weighted by Gasteiger charge is -2.05. The first-order chi connectivity index (χ1) is 8.24. The first kappa shape index (κ1) is 16.8. The summed E-state index contributed by atoms with van der Waals surface area (Å²) in [4.78, 5) is 22.4. The van der Waals surface area contributed by atoms with E-state index in [1.54, 1.807) is 30.3 Å². The summed E-state index contributed by atoms with van der Waals surface area (Å²) in [6.07, 6.45) is 0. The van der Waals surface area contributed by atoms with E-state index in [2.05, 4.69) is 4.74 Å². The Bertz CT molecular complexity index is 375. The summed E-state index contributed by atoms with van der Waals surface area (Å²) in [5, 5.41) is -0.503. The van der Waals surface area contributed by atoms with Crippen LogP contribution >= 0.6 is 24.2 Å². The van der Waals surface area contributed by atoms with Gasteiger partial charge in [-0.05, 0) is 23.9 Å². The van der Waals surface area contributed by atoms with Gasteiger partial charge in [0.2, 0.25) is 6.79 Å². The van der Waals surface area contributed by atoms with Gasteiger partial charge in [-0.3, -0.25) is 0 Å². The minimum atomic E-state index is -0.526. The number of esters is 1. The van der Waals surface area contributed by atoms with Crippen molar-refractivity contribution in [1.29, 1.82) is 0 Å². The molecule has 18 heavy (non-hydrogen) atoms. The van der Waals surface area contributed by atoms with Crippen molar-refractivity contribution in [3.8, 4) is 0 Å². The predicted molar refractivity (Wildman–Crippen MR) is 72.0 cm³/mol. The number of rotatable bonds is 5. The summed E-state index contributed by atoms with van der Waals surface area (Å²) >= 11 is 0.946. The van der Waals surface area contributed by atoms with E-state index in [-0.39, 0.29) is 19.2 Å². The number of nitrogens with two attached hydrogens (primary N) is 1. The maximum atomic E-state index is 11.4. The molecule has 0 radical (unpaired) electrons. The highest BCUT2D eigenvalue weighted by Crippen LogP contribution is 2.05. The van der Waals surface area contributed by atoms with Crippen molar-refractivity contribution in [3.05, 3.63) is 35.9 Å². The molecule has 0 amide bonds. The third-order valence-corrected chi connectivity index (χ3v) is 2.51. The van der Waals surface area contributed by atoms with Gasteiger partial charge in [0.1, 0.15) is 0 Å². The highest BCUT2D eigenvalue weighted by molar-refractivity contribution is 8.13. The molecular weight excluding hydrogens is 278 g/mol. The molecule has 0 atom stereocenters. The second-order valence-electron chi connectivity index (χ2n) is 2.95. The molecule has 100 valence electrons. The Morgan fingerprint density at radius 2 is 1.83 bits per heavy atom. The Kier molecular flexibility index (Phi) is 9.08. The van der Waals surface area contributed by atoms with Crippen molar-refractivity contribution >= 4 is 35.4 Å². The number of thioether (sulfide) groups is 1. The zero-order valence-electron chi connectivity index (χ0n) is 9.53. The van der Waals surface area contributed by atoms with Crippen molar-refractivity contribution in [1.82, 2.24) is 0 Å². The van der Waals surface area contributed by atoms with Crippen molar-refractivity contribution in [2.75, 3.05) is 19.1 Å². The van der Waals surface area contributed by atoms with Crippen molar-refractivity contribution < 1.29 is 19.1 Å². The average molecular weight is 292 g/mol. The minimum absolute atomic E-state index is 0. The van der Waals surface area contributed by atoms with Gasteiger partial charge in [0.15, 0.2) is 0 Å². The molecule has 7 heteroatoms. The first-order valence-corrected chi connectivity index (χ1v) is 5.94. The Hall–Kier alpha value is -1.24. The molecule has 0 aromatic heterocycles. The van der Waals surface area contributed by atoms with Crippen molar-refractivity contribution in [3.63, 3.8) is 0 Å². The van der Waals surface area contributed by atoms with Gasteiger partial charge in [-0.2, -0.15) is 0 Å². The summed E-state index contributed by atoms with van der Waals surface area (Å²) in [6, 6.07) is 8.47. The quantitative estimate of drug-likeness (QED) is 0.661. The van der Waals surface area contributed by atoms with E-state index in [0.29, 0.717) is 17.9 Å². The van der Waals surface area contributed by atoms with Crippen LogP contribution in [0.1, 0.15) is 10.4 Å². The van der Waals surface area contributed by atoms with E-state index < -0.39 is 11.3 Å². The molecule has 1 aromatic carbocycles. The zero-order chi connectivity index (χ0) is 12.5. The topological polar surface area (TPSA) is 78.6 Å². The fourth-order valence-corrected chi connectivity index (χ4v) is 1.39. The van der Waals surface area contributed by atoms with Gasteiger partial charge in [-0.1, -0.05) is 18.2 Å².